The molecule has 1 atom stereocenters. The second-order valence-electron chi connectivity index (χ2n) is 9.82. The van der Waals surface area contributed by atoms with E-state index in [-0.39, 0.29) is 30.8 Å². The Balaban J connectivity index is 1.55. The van der Waals surface area contributed by atoms with Gasteiger partial charge >= 0.3 is 5.97 Å². The molecule has 6 nitrogen and oxygen atoms in total. The number of nitrogens with one attached hydrogen (secondary N) is 1. The summed E-state index contributed by atoms with van der Waals surface area (Å²) in [5.74, 6) is -1.01. The molecule has 0 bridgehead atoms. The minimum absolute atomic E-state index is 0.0577. The van der Waals surface area contributed by atoms with Crippen LogP contribution in [0.1, 0.15) is 64.4 Å². The standard InChI is InChI=1S/C32H34N2O4/c1-6-38-32(37)30-23(5)34(29(35)18-28(30)25-12-7-20(2)8-13-25)19-24-10-14-26(15-11-24)31(36)33-27-16-9-21(3)22(4)17-27/h7-17,28H,6,18-19H2,1-5H3,(H,33,36)/t28-/m0/s1. The largest absolute Gasteiger partial charge is 0.463 e. The molecule has 0 spiro atoms. The summed E-state index contributed by atoms with van der Waals surface area (Å²) in [7, 11) is 0. The van der Waals surface area contributed by atoms with Crippen LogP contribution < -0.4 is 5.32 Å². The Labute approximate surface area is 224 Å². The summed E-state index contributed by atoms with van der Waals surface area (Å²) >= 11 is 0. The third kappa shape index (κ3) is 5.86. The molecule has 4 rings (SSSR count). The molecule has 1 aliphatic rings. The minimum Gasteiger partial charge on any atom is -0.463 e. The first kappa shape index (κ1) is 26.9. The van der Waals surface area contributed by atoms with Gasteiger partial charge in [-0.05, 0) is 81.1 Å². The van der Waals surface area contributed by atoms with Gasteiger partial charge in [-0.3, -0.25) is 9.59 Å². The normalized spacial score (nSPS) is 15.4. The Morgan fingerprint density at radius 2 is 1.61 bits per heavy atom. The predicted molar refractivity (Wildman–Crippen MR) is 149 cm³/mol. The molecule has 0 radical (unpaired) electrons. The van der Waals surface area contributed by atoms with E-state index in [2.05, 4.69) is 5.32 Å². The number of ether oxygens (including phenoxy) is 1. The first-order valence-corrected chi connectivity index (χ1v) is 12.9. The number of hydrogen-bond donors (Lipinski definition) is 1. The van der Waals surface area contributed by atoms with E-state index in [1.165, 1.54) is 5.56 Å². The Morgan fingerprint density at radius 1 is 0.921 bits per heavy atom. The fourth-order valence-corrected chi connectivity index (χ4v) is 4.73. The first-order valence-electron chi connectivity index (χ1n) is 12.9. The zero-order chi connectivity index (χ0) is 27.4. The minimum atomic E-state index is -0.397. The lowest BCUT2D eigenvalue weighted by atomic mass is 9.83. The zero-order valence-corrected chi connectivity index (χ0v) is 22.6. The third-order valence-electron chi connectivity index (χ3n) is 7.12. The summed E-state index contributed by atoms with van der Waals surface area (Å²) in [5, 5.41) is 2.93. The van der Waals surface area contributed by atoms with Gasteiger partial charge in [0.1, 0.15) is 0 Å². The number of nitrogens with zero attached hydrogens (tertiary/aromatic N) is 1. The van der Waals surface area contributed by atoms with Gasteiger partial charge in [0.05, 0.1) is 18.7 Å². The van der Waals surface area contributed by atoms with Crippen LogP contribution in [0, 0.1) is 20.8 Å². The maximum Gasteiger partial charge on any atom is 0.336 e. The summed E-state index contributed by atoms with van der Waals surface area (Å²) in [4.78, 5) is 40.7. The van der Waals surface area contributed by atoms with Crippen LogP contribution in [0.5, 0.6) is 0 Å². The maximum absolute atomic E-state index is 13.3. The highest BCUT2D eigenvalue weighted by molar-refractivity contribution is 6.04. The lowest BCUT2D eigenvalue weighted by molar-refractivity contribution is -0.140. The van der Waals surface area contributed by atoms with Gasteiger partial charge in [-0.25, -0.2) is 4.79 Å². The van der Waals surface area contributed by atoms with Crippen molar-refractivity contribution >= 4 is 23.5 Å². The molecule has 0 saturated carbocycles. The Hall–Kier alpha value is -4.19. The third-order valence-corrected chi connectivity index (χ3v) is 7.12. The Bertz CT molecular complexity index is 1390. The lowest BCUT2D eigenvalue weighted by Gasteiger charge is -2.34. The van der Waals surface area contributed by atoms with Crippen molar-refractivity contribution in [3.8, 4) is 0 Å². The number of aryl methyl sites for hydroxylation is 3. The molecule has 0 unspecified atom stereocenters. The van der Waals surface area contributed by atoms with Crippen molar-refractivity contribution in [3.63, 3.8) is 0 Å². The van der Waals surface area contributed by atoms with E-state index < -0.39 is 5.97 Å². The molecule has 3 aromatic carbocycles. The predicted octanol–water partition coefficient (Wildman–Crippen LogP) is 6.22. The highest BCUT2D eigenvalue weighted by Crippen LogP contribution is 2.37. The average molecular weight is 511 g/mol. The highest BCUT2D eigenvalue weighted by Gasteiger charge is 2.36. The molecule has 0 saturated heterocycles. The number of hydrogen-bond acceptors (Lipinski definition) is 4. The monoisotopic (exact) mass is 510 g/mol. The molecule has 1 N–H and O–H groups in total. The van der Waals surface area contributed by atoms with Crippen molar-refractivity contribution in [2.45, 2.75) is 53.5 Å². The summed E-state index contributed by atoms with van der Waals surface area (Å²) in [5.41, 5.74) is 7.55. The maximum atomic E-state index is 13.3. The van der Waals surface area contributed by atoms with Gasteiger partial charge in [-0.15, -0.1) is 0 Å². The van der Waals surface area contributed by atoms with Gasteiger partial charge in [0.25, 0.3) is 5.91 Å². The van der Waals surface area contributed by atoms with Crippen molar-refractivity contribution < 1.29 is 19.1 Å². The van der Waals surface area contributed by atoms with Crippen molar-refractivity contribution in [2.75, 3.05) is 11.9 Å². The molecule has 0 fully saturated rings. The number of amides is 2. The highest BCUT2D eigenvalue weighted by atomic mass is 16.5. The van der Waals surface area contributed by atoms with Gasteiger partial charge in [0, 0.05) is 29.3 Å². The van der Waals surface area contributed by atoms with Crippen molar-refractivity contribution in [1.29, 1.82) is 0 Å². The summed E-state index contributed by atoms with van der Waals surface area (Å²) in [6.07, 6.45) is 0.186. The molecule has 196 valence electrons. The molecule has 2 amide bonds. The average Bonchev–Trinajstić information content (AvgIpc) is 2.89. The molecular formula is C32H34N2O4. The lowest BCUT2D eigenvalue weighted by Crippen LogP contribution is -2.38. The zero-order valence-electron chi connectivity index (χ0n) is 22.6. The molecule has 1 heterocycles. The SMILES string of the molecule is CCOC(=O)C1=C(C)N(Cc2ccc(C(=O)Nc3ccc(C)c(C)c3)cc2)C(=O)C[C@H]1c1ccc(C)cc1. The number of carbonyl (C=O) groups is 3. The first-order chi connectivity index (χ1) is 18.2. The van der Waals surface area contributed by atoms with Crippen molar-refractivity contribution in [1.82, 2.24) is 4.90 Å². The van der Waals surface area contributed by atoms with Crippen LogP contribution in [0.2, 0.25) is 0 Å². The van der Waals surface area contributed by atoms with Crippen molar-refractivity contribution in [2.24, 2.45) is 0 Å². The fourth-order valence-electron chi connectivity index (χ4n) is 4.73. The van der Waals surface area contributed by atoms with Crippen LogP contribution in [-0.4, -0.2) is 29.3 Å². The summed E-state index contributed by atoms with van der Waals surface area (Å²) < 4.78 is 5.39. The summed E-state index contributed by atoms with van der Waals surface area (Å²) in [6.45, 7) is 10.2. The van der Waals surface area contributed by atoms with Crippen LogP contribution in [0.15, 0.2) is 78.0 Å². The number of carbonyl (C=O) groups excluding carboxylic acids is 3. The smallest absolute Gasteiger partial charge is 0.336 e. The van der Waals surface area contributed by atoms with E-state index in [0.717, 1.165) is 27.9 Å². The molecule has 6 heteroatoms. The molecule has 1 aliphatic heterocycles. The van der Waals surface area contributed by atoms with Crippen LogP contribution >= 0.6 is 0 Å². The summed E-state index contributed by atoms with van der Waals surface area (Å²) in [6, 6.07) is 20.9. The number of allylic oxidation sites excluding steroid dienone is 1. The van der Waals surface area contributed by atoms with Crippen molar-refractivity contribution in [3.05, 3.63) is 111 Å². The molecule has 0 aliphatic carbocycles. The number of benzene rings is 3. The van der Waals surface area contributed by atoms with Gasteiger partial charge < -0.3 is 15.0 Å². The van der Waals surface area contributed by atoms with E-state index in [1.54, 1.807) is 30.9 Å². The number of esters is 1. The Morgan fingerprint density at radius 3 is 2.24 bits per heavy atom. The van der Waals surface area contributed by atoms with E-state index in [9.17, 15) is 14.4 Å². The molecule has 0 aromatic heterocycles. The molecular weight excluding hydrogens is 476 g/mol. The van der Waals surface area contributed by atoms with E-state index in [1.807, 2.05) is 75.4 Å². The van der Waals surface area contributed by atoms with Crippen LogP contribution in [0.4, 0.5) is 5.69 Å². The number of rotatable bonds is 7. The van der Waals surface area contributed by atoms with Gasteiger partial charge in [0.2, 0.25) is 5.91 Å². The van der Waals surface area contributed by atoms with E-state index in [0.29, 0.717) is 23.4 Å². The topological polar surface area (TPSA) is 75.7 Å². The quantitative estimate of drug-likeness (QED) is 0.383. The Kier molecular flexibility index (Phi) is 8.10. The van der Waals surface area contributed by atoms with Crippen LogP contribution in [0.3, 0.4) is 0 Å². The van der Waals surface area contributed by atoms with E-state index in [4.69, 9.17) is 4.74 Å². The van der Waals surface area contributed by atoms with Gasteiger partial charge in [0.15, 0.2) is 0 Å². The van der Waals surface area contributed by atoms with Gasteiger partial charge in [-0.2, -0.15) is 0 Å². The fraction of sp³-hybridized carbons (Fsp3) is 0.281. The van der Waals surface area contributed by atoms with E-state index >= 15 is 0 Å². The second-order valence-corrected chi connectivity index (χ2v) is 9.82. The van der Waals surface area contributed by atoms with Crippen LogP contribution in [0.25, 0.3) is 0 Å². The second kappa shape index (κ2) is 11.5. The van der Waals surface area contributed by atoms with Crippen LogP contribution in [-0.2, 0) is 20.9 Å². The molecule has 3 aromatic rings. The number of anilines is 1. The van der Waals surface area contributed by atoms with Gasteiger partial charge in [-0.1, -0.05) is 48.0 Å². The molecule has 38 heavy (non-hydrogen) atoms.